The largest absolute Gasteiger partial charge is 0.382 e. The van der Waals surface area contributed by atoms with Gasteiger partial charge in [-0.3, -0.25) is 0 Å². The minimum absolute atomic E-state index is 0.558. The summed E-state index contributed by atoms with van der Waals surface area (Å²) >= 11 is 0. The highest BCUT2D eigenvalue weighted by Gasteiger charge is 1.97. The molecule has 3 N–H and O–H groups in total. The molecule has 0 aromatic carbocycles. The van der Waals surface area contributed by atoms with E-state index in [1.54, 1.807) is 12.4 Å². The Morgan fingerprint density at radius 2 is 2.24 bits per heavy atom. The number of hydrogen-bond donors (Lipinski definition) is 2. The predicted molar refractivity (Wildman–Crippen MR) is 68.6 cm³/mol. The third-order valence-electron chi connectivity index (χ3n) is 2.56. The molecule has 5 nitrogen and oxygen atoms in total. The van der Waals surface area contributed by atoms with Crippen LogP contribution in [0.5, 0.6) is 0 Å². The molecule has 5 heteroatoms. The molecule has 0 spiro atoms. The summed E-state index contributed by atoms with van der Waals surface area (Å²) in [6.45, 7) is 1.91. The fraction of sp³-hybridized carbons (Fsp3) is 0.333. The first-order valence-corrected chi connectivity index (χ1v) is 5.76. The number of aryl methyl sites for hydroxylation is 1. The molecular formula is C12H17N5. The summed E-state index contributed by atoms with van der Waals surface area (Å²) in [6, 6.07) is 3.82. The molecule has 0 saturated heterocycles. The monoisotopic (exact) mass is 231 g/mol. The van der Waals surface area contributed by atoms with Crippen LogP contribution in [-0.4, -0.2) is 21.1 Å². The Bertz CT molecular complexity index is 438. The van der Waals surface area contributed by atoms with E-state index in [1.165, 1.54) is 0 Å². The quantitative estimate of drug-likeness (QED) is 0.743. The first kappa shape index (κ1) is 11.4. The van der Waals surface area contributed by atoms with Crippen molar-refractivity contribution in [2.75, 3.05) is 17.6 Å². The average molecular weight is 231 g/mol. The Labute approximate surface area is 101 Å². The normalized spacial score (nSPS) is 10.4. The number of rotatable bonds is 6. The number of nitrogen functional groups attached to an aromatic ring is 1. The highest BCUT2D eigenvalue weighted by atomic mass is 15.0. The minimum atomic E-state index is 0.558. The summed E-state index contributed by atoms with van der Waals surface area (Å²) in [7, 11) is 0. The van der Waals surface area contributed by atoms with Gasteiger partial charge in [-0.25, -0.2) is 9.97 Å². The van der Waals surface area contributed by atoms with Crippen molar-refractivity contribution in [3.8, 4) is 0 Å². The molecule has 90 valence electrons. The van der Waals surface area contributed by atoms with Gasteiger partial charge in [-0.15, -0.1) is 0 Å². The van der Waals surface area contributed by atoms with E-state index in [2.05, 4.69) is 19.9 Å². The van der Waals surface area contributed by atoms with Crippen LogP contribution in [0.2, 0.25) is 0 Å². The first-order chi connectivity index (χ1) is 8.36. The smallest absolute Gasteiger partial charge is 0.146 e. The number of hydrogen-bond acceptors (Lipinski definition) is 4. The molecule has 0 unspecified atom stereocenters. The number of nitrogens with two attached hydrogens (primary N) is 1. The lowest BCUT2D eigenvalue weighted by Crippen LogP contribution is -2.06. The van der Waals surface area contributed by atoms with Gasteiger partial charge in [0.2, 0.25) is 0 Å². The lowest BCUT2D eigenvalue weighted by molar-refractivity contribution is 0.621. The van der Waals surface area contributed by atoms with Crippen LogP contribution in [0.3, 0.4) is 0 Å². The van der Waals surface area contributed by atoms with Crippen LogP contribution in [0.4, 0.5) is 11.5 Å². The fourth-order valence-corrected chi connectivity index (χ4v) is 1.63. The van der Waals surface area contributed by atoms with Gasteiger partial charge in [-0.2, -0.15) is 0 Å². The third kappa shape index (κ3) is 3.48. The Balaban J connectivity index is 1.65. The van der Waals surface area contributed by atoms with E-state index in [4.69, 9.17) is 5.73 Å². The van der Waals surface area contributed by atoms with Crippen molar-refractivity contribution in [3.63, 3.8) is 0 Å². The van der Waals surface area contributed by atoms with Crippen LogP contribution in [-0.2, 0) is 6.54 Å². The lowest BCUT2D eigenvalue weighted by Gasteiger charge is -2.08. The molecule has 2 aromatic rings. The van der Waals surface area contributed by atoms with Crippen LogP contribution >= 0.6 is 0 Å². The molecule has 0 saturated carbocycles. The molecule has 17 heavy (non-hydrogen) atoms. The van der Waals surface area contributed by atoms with E-state index in [0.717, 1.165) is 31.6 Å². The molecule has 0 amide bonds. The van der Waals surface area contributed by atoms with E-state index >= 15 is 0 Å². The second-order valence-corrected chi connectivity index (χ2v) is 3.87. The molecule has 0 aliphatic carbocycles. The summed E-state index contributed by atoms with van der Waals surface area (Å²) in [5.74, 6) is 0.558. The van der Waals surface area contributed by atoms with E-state index in [-0.39, 0.29) is 0 Å². The number of imidazole rings is 1. The van der Waals surface area contributed by atoms with E-state index in [1.807, 2.05) is 24.7 Å². The van der Waals surface area contributed by atoms with Crippen molar-refractivity contribution in [1.29, 1.82) is 0 Å². The van der Waals surface area contributed by atoms with Crippen molar-refractivity contribution in [3.05, 3.63) is 37.1 Å². The zero-order valence-electron chi connectivity index (χ0n) is 9.71. The predicted octanol–water partition coefficient (Wildman–Crippen LogP) is 1.75. The van der Waals surface area contributed by atoms with Gasteiger partial charge in [0.15, 0.2) is 0 Å². The number of pyridine rings is 1. The van der Waals surface area contributed by atoms with E-state index in [9.17, 15) is 0 Å². The summed E-state index contributed by atoms with van der Waals surface area (Å²) in [5, 5.41) is 3.28. The maximum absolute atomic E-state index is 5.73. The third-order valence-corrected chi connectivity index (χ3v) is 2.56. The van der Waals surface area contributed by atoms with E-state index in [0.29, 0.717) is 5.82 Å². The van der Waals surface area contributed by atoms with Gasteiger partial charge in [0.25, 0.3) is 0 Å². The van der Waals surface area contributed by atoms with Gasteiger partial charge in [0, 0.05) is 31.7 Å². The maximum Gasteiger partial charge on any atom is 0.146 e. The van der Waals surface area contributed by atoms with Gasteiger partial charge in [-0.1, -0.05) is 0 Å². The van der Waals surface area contributed by atoms with Crippen molar-refractivity contribution < 1.29 is 0 Å². The fourth-order valence-electron chi connectivity index (χ4n) is 1.63. The minimum Gasteiger partial charge on any atom is -0.382 e. The van der Waals surface area contributed by atoms with Crippen LogP contribution in [0.1, 0.15) is 12.8 Å². The highest BCUT2D eigenvalue weighted by Crippen LogP contribution is 2.13. The van der Waals surface area contributed by atoms with Gasteiger partial charge in [-0.05, 0) is 25.0 Å². The van der Waals surface area contributed by atoms with Crippen molar-refractivity contribution in [2.24, 2.45) is 0 Å². The molecular weight excluding hydrogens is 214 g/mol. The second kappa shape index (κ2) is 5.89. The van der Waals surface area contributed by atoms with Crippen LogP contribution in [0.15, 0.2) is 37.1 Å². The molecule has 0 aliphatic heterocycles. The van der Waals surface area contributed by atoms with Crippen LogP contribution in [0, 0.1) is 0 Å². The Kier molecular flexibility index (Phi) is 3.96. The van der Waals surface area contributed by atoms with E-state index < -0.39 is 0 Å². The molecule has 0 radical (unpaired) electrons. The number of unbranched alkanes of at least 4 members (excludes halogenated alkanes) is 1. The van der Waals surface area contributed by atoms with Gasteiger partial charge in [0.05, 0.1) is 12.0 Å². The zero-order valence-corrected chi connectivity index (χ0v) is 9.71. The zero-order chi connectivity index (χ0) is 11.9. The topological polar surface area (TPSA) is 68.8 Å². The Hall–Kier alpha value is -2.04. The summed E-state index contributed by atoms with van der Waals surface area (Å²) in [5.41, 5.74) is 6.64. The van der Waals surface area contributed by atoms with Gasteiger partial charge >= 0.3 is 0 Å². The Morgan fingerprint density at radius 3 is 3.00 bits per heavy atom. The number of nitrogens with one attached hydrogen (secondary N) is 1. The number of nitrogens with zero attached hydrogens (tertiary/aromatic N) is 3. The number of anilines is 2. The molecule has 2 aromatic heterocycles. The standard InChI is InChI=1S/C12H17N5/c13-12-11(4-3-6-16-12)15-5-1-2-8-17-9-7-14-10-17/h3-4,6-7,9-10,15H,1-2,5,8H2,(H2,13,16). The van der Waals surface area contributed by atoms with Crippen LogP contribution < -0.4 is 11.1 Å². The van der Waals surface area contributed by atoms with Gasteiger partial charge in [0.1, 0.15) is 5.82 Å². The summed E-state index contributed by atoms with van der Waals surface area (Å²) in [6.07, 6.45) is 9.52. The molecule has 2 heterocycles. The molecule has 0 fully saturated rings. The molecule has 2 rings (SSSR count). The Morgan fingerprint density at radius 1 is 1.29 bits per heavy atom. The number of aromatic nitrogens is 3. The molecule has 0 atom stereocenters. The van der Waals surface area contributed by atoms with Crippen molar-refractivity contribution >= 4 is 11.5 Å². The molecule has 0 aliphatic rings. The first-order valence-electron chi connectivity index (χ1n) is 5.76. The van der Waals surface area contributed by atoms with Crippen LogP contribution in [0.25, 0.3) is 0 Å². The SMILES string of the molecule is Nc1ncccc1NCCCCn1ccnc1. The molecule has 0 bridgehead atoms. The summed E-state index contributed by atoms with van der Waals surface area (Å²) < 4.78 is 2.08. The maximum atomic E-state index is 5.73. The van der Waals surface area contributed by atoms with Crippen molar-refractivity contribution in [1.82, 2.24) is 14.5 Å². The second-order valence-electron chi connectivity index (χ2n) is 3.87. The van der Waals surface area contributed by atoms with Gasteiger partial charge < -0.3 is 15.6 Å². The highest BCUT2D eigenvalue weighted by molar-refractivity contribution is 5.60. The average Bonchev–Trinajstić information content (AvgIpc) is 2.84. The summed E-state index contributed by atoms with van der Waals surface area (Å²) in [4.78, 5) is 8.02. The van der Waals surface area contributed by atoms with Crippen molar-refractivity contribution in [2.45, 2.75) is 19.4 Å². The lowest BCUT2D eigenvalue weighted by atomic mass is 10.3.